The fraction of sp³-hybridized carbons (Fsp3) is 0.200. The number of rotatable bonds is 3. The number of aliphatic imine (C=N–C) groups is 2. The van der Waals surface area contributed by atoms with E-state index in [4.69, 9.17) is 11.6 Å². The highest BCUT2D eigenvalue weighted by Crippen LogP contribution is 2.29. The zero-order valence-electron chi connectivity index (χ0n) is 14.8. The van der Waals surface area contributed by atoms with Crippen LogP contribution >= 0.6 is 11.6 Å². The molecule has 0 fully saturated rings. The van der Waals surface area contributed by atoms with Gasteiger partial charge in [0.1, 0.15) is 5.69 Å². The summed E-state index contributed by atoms with van der Waals surface area (Å²) in [4.78, 5) is 13.5. The first-order chi connectivity index (χ1) is 13.2. The molecule has 7 heteroatoms. The summed E-state index contributed by atoms with van der Waals surface area (Å²) in [6.07, 6.45) is 5.73. The molecule has 134 valence electrons. The highest BCUT2D eigenvalue weighted by Gasteiger charge is 2.18. The molecule has 0 bridgehead atoms. The van der Waals surface area contributed by atoms with E-state index in [0.29, 0.717) is 18.1 Å². The van der Waals surface area contributed by atoms with Crippen LogP contribution in [0.4, 0.5) is 5.69 Å². The summed E-state index contributed by atoms with van der Waals surface area (Å²) in [6, 6.07) is 7.91. The number of nitrogens with zero attached hydrogens (tertiary/aromatic N) is 5. The second kappa shape index (κ2) is 6.32. The van der Waals surface area contributed by atoms with E-state index in [-0.39, 0.29) is 0 Å². The van der Waals surface area contributed by atoms with Crippen LogP contribution in [-0.2, 0) is 13.1 Å². The van der Waals surface area contributed by atoms with Crippen molar-refractivity contribution in [3.63, 3.8) is 0 Å². The number of nitrogens with one attached hydrogen (secondary N) is 1. The van der Waals surface area contributed by atoms with Crippen LogP contribution in [0.15, 0.2) is 58.3 Å². The summed E-state index contributed by atoms with van der Waals surface area (Å²) < 4.78 is 1.90. The van der Waals surface area contributed by atoms with Crippen LogP contribution < -0.4 is 5.32 Å². The first-order valence-electron chi connectivity index (χ1n) is 8.79. The molecule has 0 aliphatic carbocycles. The Morgan fingerprint density at radius 1 is 1.22 bits per heavy atom. The first-order valence-corrected chi connectivity index (χ1v) is 9.16. The van der Waals surface area contributed by atoms with Gasteiger partial charge in [0.2, 0.25) is 0 Å². The van der Waals surface area contributed by atoms with E-state index in [1.54, 1.807) is 6.20 Å². The Labute approximate surface area is 161 Å². The Morgan fingerprint density at radius 3 is 3.00 bits per heavy atom. The molecule has 0 saturated carbocycles. The molecule has 0 amide bonds. The molecule has 4 heterocycles. The summed E-state index contributed by atoms with van der Waals surface area (Å²) in [5, 5.41) is 9.48. The number of fused-ring (bicyclic) bond motifs is 2. The minimum atomic E-state index is 0.622. The van der Waals surface area contributed by atoms with Crippen molar-refractivity contribution in [3.05, 3.63) is 64.6 Å². The number of pyridine rings is 1. The van der Waals surface area contributed by atoms with Gasteiger partial charge in [-0.05, 0) is 31.2 Å². The predicted octanol–water partition coefficient (Wildman–Crippen LogP) is 3.86. The summed E-state index contributed by atoms with van der Waals surface area (Å²) >= 11 is 6.60. The van der Waals surface area contributed by atoms with Gasteiger partial charge in [-0.1, -0.05) is 23.2 Å². The number of benzene rings is 1. The van der Waals surface area contributed by atoms with Crippen molar-refractivity contribution < 1.29 is 0 Å². The van der Waals surface area contributed by atoms with Crippen molar-refractivity contribution in [2.24, 2.45) is 9.98 Å². The highest BCUT2D eigenvalue weighted by atomic mass is 35.5. The third kappa shape index (κ3) is 2.92. The highest BCUT2D eigenvalue weighted by molar-refractivity contribution is 6.35. The van der Waals surface area contributed by atoms with Crippen molar-refractivity contribution in [1.82, 2.24) is 14.8 Å². The molecule has 3 aromatic rings. The molecule has 0 spiro atoms. The summed E-state index contributed by atoms with van der Waals surface area (Å²) in [6.45, 7) is 4.13. The molecule has 0 unspecified atom stereocenters. The molecule has 0 radical (unpaired) electrons. The molecular formula is C20H17ClN6. The van der Waals surface area contributed by atoms with Crippen molar-refractivity contribution in [2.75, 3.05) is 11.9 Å². The lowest BCUT2D eigenvalue weighted by atomic mass is 10.2. The van der Waals surface area contributed by atoms with E-state index < -0.39 is 0 Å². The van der Waals surface area contributed by atoms with Gasteiger partial charge in [0.15, 0.2) is 5.84 Å². The maximum Gasteiger partial charge on any atom is 0.152 e. The minimum absolute atomic E-state index is 0.622. The van der Waals surface area contributed by atoms with Crippen LogP contribution in [0.2, 0.25) is 5.02 Å². The number of allylic oxidation sites excluding steroid dienone is 1. The average Bonchev–Trinajstić information content (AvgIpc) is 3.36. The topological polar surface area (TPSA) is 67.5 Å². The maximum atomic E-state index is 6.60. The van der Waals surface area contributed by atoms with Gasteiger partial charge in [0.05, 0.1) is 42.1 Å². The van der Waals surface area contributed by atoms with E-state index in [0.717, 1.165) is 45.9 Å². The van der Waals surface area contributed by atoms with E-state index in [1.807, 2.05) is 35.1 Å². The van der Waals surface area contributed by atoms with Crippen LogP contribution in [0.1, 0.15) is 18.2 Å². The third-order valence-corrected chi connectivity index (χ3v) is 5.02. The van der Waals surface area contributed by atoms with Gasteiger partial charge < -0.3 is 5.32 Å². The molecule has 1 aromatic carbocycles. The average molecular weight is 377 g/mol. The summed E-state index contributed by atoms with van der Waals surface area (Å²) in [7, 11) is 0. The lowest BCUT2D eigenvalue weighted by molar-refractivity contribution is 0.752. The van der Waals surface area contributed by atoms with Crippen molar-refractivity contribution in [1.29, 1.82) is 0 Å². The number of aromatic nitrogens is 3. The van der Waals surface area contributed by atoms with E-state index in [9.17, 15) is 0 Å². The second-order valence-corrected chi connectivity index (χ2v) is 7.20. The Hall–Kier alpha value is -2.99. The van der Waals surface area contributed by atoms with E-state index in [2.05, 4.69) is 38.4 Å². The molecule has 2 aliphatic rings. The van der Waals surface area contributed by atoms with Crippen LogP contribution in [0.3, 0.4) is 0 Å². The van der Waals surface area contributed by atoms with Gasteiger partial charge >= 0.3 is 0 Å². The predicted molar refractivity (Wildman–Crippen MR) is 109 cm³/mol. The van der Waals surface area contributed by atoms with Gasteiger partial charge in [0.25, 0.3) is 0 Å². The van der Waals surface area contributed by atoms with Crippen molar-refractivity contribution in [3.8, 4) is 0 Å². The van der Waals surface area contributed by atoms with E-state index >= 15 is 0 Å². The SMILES string of the molecule is CC1=CC(Cn2ncc3cc(NC4=NCc5cccnc54)cc(Cl)c32)=NC1. The van der Waals surface area contributed by atoms with Crippen LogP contribution in [0, 0.1) is 0 Å². The van der Waals surface area contributed by atoms with Gasteiger partial charge in [-0.25, -0.2) is 0 Å². The zero-order valence-corrected chi connectivity index (χ0v) is 15.5. The Bertz CT molecular complexity index is 1150. The van der Waals surface area contributed by atoms with Crippen molar-refractivity contribution in [2.45, 2.75) is 20.0 Å². The second-order valence-electron chi connectivity index (χ2n) is 6.80. The van der Waals surface area contributed by atoms with Gasteiger partial charge in [0, 0.05) is 22.8 Å². The fourth-order valence-corrected chi connectivity index (χ4v) is 3.80. The molecule has 2 aromatic heterocycles. The molecular weight excluding hydrogens is 360 g/mol. The molecule has 6 nitrogen and oxygen atoms in total. The number of amidine groups is 1. The Morgan fingerprint density at radius 2 is 2.15 bits per heavy atom. The maximum absolute atomic E-state index is 6.60. The molecule has 1 N–H and O–H groups in total. The first kappa shape index (κ1) is 16.2. The van der Waals surface area contributed by atoms with Gasteiger partial charge in [-0.2, -0.15) is 5.10 Å². The largest absolute Gasteiger partial charge is 0.339 e. The zero-order chi connectivity index (χ0) is 18.4. The molecule has 0 saturated heterocycles. The minimum Gasteiger partial charge on any atom is -0.339 e. The molecule has 0 atom stereocenters. The van der Waals surface area contributed by atoms with Gasteiger partial charge in [-0.15, -0.1) is 0 Å². The van der Waals surface area contributed by atoms with E-state index in [1.165, 1.54) is 5.57 Å². The van der Waals surface area contributed by atoms with Crippen LogP contribution in [0.5, 0.6) is 0 Å². The molecule has 2 aliphatic heterocycles. The van der Waals surface area contributed by atoms with Crippen LogP contribution in [-0.4, -0.2) is 32.9 Å². The van der Waals surface area contributed by atoms with Gasteiger partial charge in [-0.3, -0.25) is 19.7 Å². The number of anilines is 1. The monoisotopic (exact) mass is 376 g/mol. The summed E-state index contributed by atoms with van der Waals surface area (Å²) in [5.41, 5.74) is 6.10. The Balaban J connectivity index is 1.45. The summed E-state index contributed by atoms with van der Waals surface area (Å²) in [5.74, 6) is 0.773. The quantitative estimate of drug-likeness (QED) is 0.754. The number of hydrogen-bond acceptors (Lipinski definition) is 5. The lowest BCUT2D eigenvalue weighted by Gasteiger charge is -2.09. The van der Waals surface area contributed by atoms with Crippen molar-refractivity contribution >= 4 is 39.7 Å². The standard InChI is InChI=1S/C20H17ClN6/c1-12-5-16(23-8-12)11-27-19-14(10-25-27)6-15(7-17(19)21)26-20-18-13(9-24-20)3-2-4-22-18/h2-7,10H,8-9,11H2,1H3,(H,24,26). The lowest BCUT2D eigenvalue weighted by Crippen LogP contribution is -2.13. The fourth-order valence-electron chi connectivity index (χ4n) is 3.48. The number of hydrogen-bond donors (Lipinski definition) is 1. The van der Waals surface area contributed by atoms with Crippen LogP contribution in [0.25, 0.3) is 10.9 Å². The Kier molecular flexibility index (Phi) is 3.79. The molecule has 5 rings (SSSR count). The normalized spacial score (nSPS) is 15.6. The molecule has 27 heavy (non-hydrogen) atoms. The smallest absolute Gasteiger partial charge is 0.152 e. The third-order valence-electron chi connectivity index (χ3n) is 4.73. The number of halogens is 1.